The van der Waals surface area contributed by atoms with Crippen molar-refractivity contribution in [3.8, 4) is 11.4 Å². The van der Waals surface area contributed by atoms with Gasteiger partial charge in [-0.2, -0.15) is 0 Å². The number of aromatic nitrogens is 4. The molecule has 0 radical (unpaired) electrons. The molecule has 0 saturated carbocycles. The lowest BCUT2D eigenvalue weighted by molar-refractivity contribution is -0.274. The Morgan fingerprint density at radius 1 is 1.02 bits per heavy atom. The van der Waals surface area contributed by atoms with Crippen LogP contribution in [0.5, 0.6) is 5.75 Å². The van der Waals surface area contributed by atoms with E-state index in [0.717, 1.165) is 24.1 Å². The topological polar surface area (TPSA) is 101 Å². The predicted molar refractivity (Wildman–Crippen MR) is 148 cm³/mol. The minimum Gasteiger partial charge on any atom is -0.462 e. The smallest absolute Gasteiger partial charge is 0.462 e. The number of hydrogen-bond donors (Lipinski definition) is 0. The molecular formula is C30H29F3N4O5. The van der Waals surface area contributed by atoms with Crippen molar-refractivity contribution in [3.05, 3.63) is 87.2 Å². The number of benzene rings is 2. The van der Waals surface area contributed by atoms with E-state index in [0.29, 0.717) is 11.7 Å². The lowest BCUT2D eigenvalue weighted by Gasteiger charge is -2.14. The molecule has 5 aromatic rings. The van der Waals surface area contributed by atoms with E-state index < -0.39 is 23.6 Å². The maximum Gasteiger partial charge on any atom is 0.573 e. The standard InChI is InChI=1S/C30H29F3N4O5/c1-6-40-28(39)23-18(5)41-27-24(23)26(38)36(21-11-13-22(14-12-21)42-30(31,32)33)29-35-34-25(37(27)29)17(4)20-9-7-19(8-10-20)15-16(2)3/h7-14,16-17H,6,15H2,1-5H3. The number of rotatable bonds is 8. The number of carbonyl (C=O) groups excluding carboxylic acids is 1. The number of hydrogen-bond acceptors (Lipinski definition) is 7. The zero-order chi connectivity index (χ0) is 30.3. The van der Waals surface area contributed by atoms with Crippen LogP contribution in [-0.4, -0.2) is 38.1 Å². The molecule has 9 nitrogen and oxygen atoms in total. The number of halogens is 3. The summed E-state index contributed by atoms with van der Waals surface area (Å²) in [4.78, 5) is 26.9. The second kappa shape index (κ2) is 11.0. The van der Waals surface area contributed by atoms with Gasteiger partial charge in [-0.1, -0.05) is 45.0 Å². The molecule has 1 atom stereocenters. The van der Waals surface area contributed by atoms with E-state index in [2.05, 4.69) is 40.9 Å². The van der Waals surface area contributed by atoms with Crippen LogP contribution in [0.15, 0.2) is 57.7 Å². The Morgan fingerprint density at radius 3 is 2.29 bits per heavy atom. The molecule has 3 aromatic heterocycles. The van der Waals surface area contributed by atoms with Crippen LogP contribution in [0.25, 0.3) is 22.6 Å². The van der Waals surface area contributed by atoms with Crippen molar-refractivity contribution in [2.45, 2.75) is 53.3 Å². The molecule has 0 amide bonds. The molecule has 220 valence electrons. The number of esters is 1. The van der Waals surface area contributed by atoms with Gasteiger partial charge in [0.2, 0.25) is 11.5 Å². The highest BCUT2D eigenvalue weighted by molar-refractivity contribution is 6.04. The first-order chi connectivity index (χ1) is 19.9. The fourth-order valence-corrected chi connectivity index (χ4v) is 5.04. The van der Waals surface area contributed by atoms with Gasteiger partial charge in [-0.15, -0.1) is 23.4 Å². The SMILES string of the molecule is CCOC(=O)c1c(C)oc2c1c(=O)n(-c1ccc(OC(F)(F)F)cc1)c1nnc(C(C)c3ccc(CC(C)C)cc3)n21. The predicted octanol–water partition coefficient (Wildman–Crippen LogP) is 6.36. The number of fused-ring (bicyclic) bond motifs is 3. The Bertz CT molecular complexity index is 1820. The summed E-state index contributed by atoms with van der Waals surface area (Å²) in [6, 6.07) is 12.9. The molecule has 12 heteroatoms. The summed E-state index contributed by atoms with van der Waals surface area (Å²) in [7, 11) is 0. The van der Waals surface area contributed by atoms with Gasteiger partial charge in [-0.3, -0.25) is 4.79 Å². The van der Waals surface area contributed by atoms with E-state index in [-0.39, 0.29) is 46.4 Å². The molecule has 0 N–H and O–H groups in total. The first-order valence-corrected chi connectivity index (χ1v) is 13.4. The molecule has 0 fully saturated rings. The van der Waals surface area contributed by atoms with Crippen LogP contribution in [0.1, 0.15) is 66.7 Å². The van der Waals surface area contributed by atoms with Crippen LogP contribution in [0.4, 0.5) is 13.2 Å². The van der Waals surface area contributed by atoms with Crippen LogP contribution in [-0.2, 0) is 11.2 Å². The summed E-state index contributed by atoms with van der Waals surface area (Å²) >= 11 is 0. The zero-order valence-electron chi connectivity index (χ0n) is 23.7. The largest absolute Gasteiger partial charge is 0.573 e. The third kappa shape index (κ3) is 5.36. The van der Waals surface area contributed by atoms with Crippen LogP contribution in [0, 0.1) is 12.8 Å². The fourth-order valence-electron chi connectivity index (χ4n) is 5.04. The minimum atomic E-state index is -4.88. The van der Waals surface area contributed by atoms with Crippen molar-refractivity contribution in [3.63, 3.8) is 0 Å². The Hall–Kier alpha value is -4.61. The molecule has 2 aromatic carbocycles. The molecular weight excluding hydrogens is 553 g/mol. The Balaban J connectivity index is 1.74. The van der Waals surface area contributed by atoms with Gasteiger partial charge in [0.05, 0.1) is 12.3 Å². The van der Waals surface area contributed by atoms with Gasteiger partial charge in [-0.05, 0) is 61.6 Å². The average Bonchev–Trinajstić information content (AvgIpc) is 3.50. The Morgan fingerprint density at radius 2 is 1.69 bits per heavy atom. The van der Waals surface area contributed by atoms with Gasteiger partial charge in [0.15, 0.2) is 0 Å². The van der Waals surface area contributed by atoms with Crippen molar-refractivity contribution in [1.82, 2.24) is 19.2 Å². The maximum atomic E-state index is 14.0. The van der Waals surface area contributed by atoms with Gasteiger partial charge in [-0.25, -0.2) is 13.8 Å². The molecule has 1 unspecified atom stereocenters. The van der Waals surface area contributed by atoms with Crippen molar-refractivity contribution in [2.75, 3.05) is 6.61 Å². The highest BCUT2D eigenvalue weighted by atomic mass is 19.4. The van der Waals surface area contributed by atoms with Gasteiger partial charge < -0.3 is 13.9 Å². The number of carbonyl (C=O) groups is 1. The highest BCUT2D eigenvalue weighted by Crippen LogP contribution is 2.31. The summed E-state index contributed by atoms with van der Waals surface area (Å²) in [6.45, 7) is 9.49. The van der Waals surface area contributed by atoms with Crippen molar-refractivity contribution in [1.29, 1.82) is 0 Å². The summed E-state index contributed by atoms with van der Waals surface area (Å²) in [5.41, 5.74) is 1.65. The van der Waals surface area contributed by atoms with Crippen LogP contribution in [0.2, 0.25) is 0 Å². The number of furan rings is 1. The van der Waals surface area contributed by atoms with Crippen molar-refractivity contribution in [2.24, 2.45) is 5.92 Å². The lowest BCUT2D eigenvalue weighted by atomic mass is 9.96. The summed E-state index contributed by atoms with van der Waals surface area (Å²) in [5, 5.41) is 8.65. The van der Waals surface area contributed by atoms with E-state index in [1.54, 1.807) is 18.2 Å². The summed E-state index contributed by atoms with van der Waals surface area (Å²) < 4.78 is 56.1. The average molecular weight is 583 g/mol. The van der Waals surface area contributed by atoms with Crippen LogP contribution in [0.3, 0.4) is 0 Å². The second-order valence-corrected chi connectivity index (χ2v) is 10.4. The number of nitrogens with zero attached hydrogens (tertiary/aromatic N) is 4. The van der Waals surface area contributed by atoms with Gasteiger partial charge in [0.25, 0.3) is 5.56 Å². The van der Waals surface area contributed by atoms with Crippen molar-refractivity contribution >= 4 is 22.8 Å². The maximum absolute atomic E-state index is 14.0. The molecule has 0 bridgehead atoms. The molecule has 3 heterocycles. The summed E-state index contributed by atoms with van der Waals surface area (Å²) in [6.07, 6.45) is -3.94. The monoisotopic (exact) mass is 582 g/mol. The molecule has 0 aliphatic carbocycles. The van der Waals surface area contributed by atoms with Gasteiger partial charge >= 0.3 is 12.3 Å². The van der Waals surface area contributed by atoms with E-state index in [1.807, 2.05) is 19.1 Å². The van der Waals surface area contributed by atoms with E-state index in [9.17, 15) is 22.8 Å². The molecule has 0 aliphatic heterocycles. The molecule has 0 saturated heterocycles. The van der Waals surface area contributed by atoms with Crippen LogP contribution < -0.4 is 10.3 Å². The molecule has 5 rings (SSSR count). The lowest BCUT2D eigenvalue weighted by Crippen LogP contribution is -2.23. The van der Waals surface area contributed by atoms with Gasteiger partial charge in [0, 0.05) is 5.92 Å². The third-order valence-electron chi connectivity index (χ3n) is 6.88. The summed E-state index contributed by atoms with van der Waals surface area (Å²) in [5.74, 6) is -0.363. The third-order valence-corrected chi connectivity index (χ3v) is 6.88. The molecule has 0 spiro atoms. The van der Waals surface area contributed by atoms with E-state index >= 15 is 0 Å². The van der Waals surface area contributed by atoms with Crippen LogP contribution >= 0.6 is 0 Å². The number of aryl methyl sites for hydroxylation is 1. The first-order valence-electron chi connectivity index (χ1n) is 13.4. The second-order valence-electron chi connectivity index (χ2n) is 10.4. The number of ether oxygens (including phenoxy) is 2. The number of alkyl halides is 3. The van der Waals surface area contributed by atoms with Crippen molar-refractivity contribution < 1.29 is 31.9 Å². The highest BCUT2D eigenvalue weighted by Gasteiger charge is 2.32. The first kappa shape index (κ1) is 28.9. The Labute approximate surface area is 238 Å². The minimum absolute atomic E-state index is 0.0464. The van der Waals surface area contributed by atoms with Gasteiger partial charge in [0.1, 0.15) is 28.3 Å². The quantitative estimate of drug-likeness (QED) is 0.196. The Kier molecular flexibility index (Phi) is 7.56. The zero-order valence-corrected chi connectivity index (χ0v) is 23.7. The normalized spacial score (nSPS) is 12.8. The molecule has 0 aliphatic rings. The van der Waals surface area contributed by atoms with E-state index in [4.69, 9.17) is 9.15 Å². The van der Waals surface area contributed by atoms with E-state index in [1.165, 1.54) is 22.3 Å². The fraction of sp³-hybridized carbons (Fsp3) is 0.333. The molecule has 42 heavy (non-hydrogen) atoms.